The van der Waals surface area contributed by atoms with Gasteiger partial charge in [0.25, 0.3) is 5.92 Å². The highest BCUT2D eigenvalue weighted by atomic mass is 19.4. The van der Waals surface area contributed by atoms with Gasteiger partial charge in [0.15, 0.2) is 0 Å². The lowest BCUT2D eigenvalue weighted by atomic mass is 9.97. The Hall–Kier alpha value is -0.910. The smallest absolute Gasteiger partial charge is 0.206 e. The molecule has 1 radical (unpaired) electrons. The highest BCUT2D eigenvalue weighted by Gasteiger charge is 2.82. The molecule has 0 unspecified atom stereocenters. The Balaban J connectivity index is 5.49. The van der Waals surface area contributed by atoms with Gasteiger partial charge in [-0.2, -0.15) is 48.3 Å². The molecule has 0 saturated heterocycles. The van der Waals surface area contributed by atoms with Gasteiger partial charge in [-0.05, 0) is 0 Å². The third-order valence-corrected chi connectivity index (χ3v) is 2.08. The summed E-state index contributed by atoms with van der Waals surface area (Å²) >= 11 is 0. The Morgan fingerprint density at radius 2 is 1.00 bits per heavy atom. The minimum Gasteiger partial charge on any atom is -0.206 e. The van der Waals surface area contributed by atoms with Crippen LogP contribution in [0.2, 0.25) is 0 Å². The fourth-order valence-corrected chi connectivity index (χ4v) is 1.10. The zero-order valence-corrected chi connectivity index (χ0v) is 9.33. The van der Waals surface area contributed by atoms with E-state index in [1.807, 2.05) is 0 Å². The van der Waals surface area contributed by atoms with Crippen LogP contribution in [0.4, 0.5) is 57.1 Å². The molecule has 0 bridgehead atoms. The van der Waals surface area contributed by atoms with Gasteiger partial charge in [0.1, 0.15) is 0 Å². The summed E-state index contributed by atoms with van der Waals surface area (Å²) in [7, 11) is 0. The van der Waals surface area contributed by atoms with Crippen LogP contribution in [0.5, 0.6) is 0 Å². The number of hydrogen-bond acceptors (Lipinski definition) is 0. The highest BCUT2D eigenvalue weighted by molar-refractivity contribution is 5.02. The maximum atomic E-state index is 12.7. The molecule has 0 aromatic carbocycles. The van der Waals surface area contributed by atoms with E-state index in [9.17, 15) is 57.1 Å². The summed E-state index contributed by atoms with van der Waals surface area (Å²) < 4.78 is 158. The number of halogens is 13. The van der Waals surface area contributed by atoms with E-state index < -0.39 is 49.1 Å². The van der Waals surface area contributed by atoms with Crippen LogP contribution in [-0.4, -0.2) is 29.9 Å². The maximum Gasteiger partial charge on any atom is 0.460 e. The first-order chi connectivity index (χ1) is 8.87. The lowest BCUT2D eigenvalue weighted by molar-refractivity contribution is -0.401. The van der Waals surface area contributed by atoms with Crippen LogP contribution in [0, 0.1) is 6.43 Å². The van der Waals surface area contributed by atoms with Crippen molar-refractivity contribution in [3.05, 3.63) is 6.43 Å². The molecule has 127 valence electrons. The molecular weight excluding hydrogens is 343 g/mol. The Morgan fingerprint density at radius 3 is 1.29 bits per heavy atom. The molecule has 0 rings (SSSR count). The molecule has 0 N–H and O–H groups in total. The molecule has 0 aromatic rings. The first kappa shape index (κ1) is 20.1. The molecule has 21 heavy (non-hydrogen) atoms. The maximum absolute atomic E-state index is 12.7. The van der Waals surface area contributed by atoms with Crippen molar-refractivity contribution in [2.75, 3.05) is 0 Å². The van der Waals surface area contributed by atoms with Crippen LogP contribution in [-0.2, 0) is 0 Å². The summed E-state index contributed by atoms with van der Waals surface area (Å²) in [4.78, 5) is 0. The van der Waals surface area contributed by atoms with Gasteiger partial charge in [-0.25, -0.2) is 8.78 Å². The first-order valence-electron chi connectivity index (χ1n) is 4.62. The largest absolute Gasteiger partial charge is 0.460 e. The summed E-state index contributed by atoms with van der Waals surface area (Å²) in [6.07, 6.45) is -16.7. The van der Waals surface area contributed by atoms with Gasteiger partial charge in [-0.15, -0.1) is 0 Å². The molecule has 0 aromatic heterocycles. The van der Waals surface area contributed by atoms with Crippen molar-refractivity contribution in [1.29, 1.82) is 0 Å². The summed E-state index contributed by atoms with van der Waals surface area (Å²) in [5, 5.41) is 0. The zero-order valence-electron chi connectivity index (χ0n) is 9.33. The quantitative estimate of drug-likeness (QED) is 0.572. The summed E-state index contributed by atoms with van der Waals surface area (Å²) in [5.74, 6) is -26.5. The standard InChI is InChI=1S/C8H4F13/c9-3(10)1-4(11,12)2-5(13,14)6(15,16)7(17,18)8(19,20)21/h1-2H2. The van der Waals surface area contributed by atoms with Crippen molar-refractivity contribution >= 4 is 0 Å². The second kappa shape index (κ2) is 5.38. The van der Waals surface area contributed by atoms with E-state index in [-0.39, 0.29) is 0 Å². The summed E-state index contributed by atoms with van der Waals surface area (Å²) in [6, 6.07) is 0. The predicted molar refractivity (Wildman–Crippen MR) is 40.5 cm³/mol. The van der Waals surface area contributed by atoms with Crippen LogP contribution in [0.15, 0.2) is 0 Å². The molecule has 0 heterocycles. The second-order valence-corrected chi connectivity index (χ2v) is 3.90. The van der Waals surface area contributed by atoms with E-state index in [1.165, 1.54) is 0 Å². The number of rotatable bonds is 6. The van der Waals surface area contributed by atoms with E-state index in [2.05, 4.69) is 0 Å². The van der Waals surface area contributed by atoms with Crippen molar-refractivity contribution in [3.63, 3.8) is 0 Å². The van der Waals surface area contributed by atoms with Gasteiger partial charge < -0.3 is 0 Å². The van der Waals surface area contributed by atoms with E-state index >= 15 is 0 Å². The fourth-order valence-electron chi connectivity index (χ4n) is 1.10. The first-order valence-corrected chi connectivity index (χ1v) is 4.62. The lowest BCUT2D eigenvalue weighted by Gasteiger charge is -2.35. The molecule has 0 spiro atoms. The van der Waals surface area contributed by atoms with Gasteiger partial charge in [0.2, 0.25) is 0 Å². The summed E-state index contributed by atoms with van der Waals surface area (Å²) in [6.45, 7) is 0. The van der Waals surface area contributed by atoms with Crippen LogP contribution < -0.4 is 0 Å². The minimum atomic E-state index is -7.34. The van der Waals surface area contributed by atoms with Crippen molar-refractivity contribution in [2.24, 2.45) is 0 Å². The molecule has 0 saturated carbocycles. The van der Waals surface area contributed by atoms with Crippen molar-refractivity contribution in [1.82, 2.24) is 0 Å². The molecule has 0 nitrogen and oxygen atoms in total. The van der Waals surface area contributed by atoms with Gasteiger partial charge in [0.05, 0.1) is 12.8 Å². The molecular formula is C8H4F13. The van der Waals surface area contributed by atoms with E-state index in [4.69, 9.17) is 0 Å². The predicted octanol–water partition coefficient (Wildman–Crippen LogP) is 5.30. The van der Waals surface area contributed by atoms with Crippen molar-refractivity contribution in [2.45, 2.75) is 42.7 Å². The van der Waals surface area contributed by atoms with Crippen molar-refractivity contribution in [3.8, 4) is 0 Å². The van der Waals surface area contributed by atoms with E-state index in [1.54, 1.807) is 0 Å². The normalized spacial score (nSPS) is 15.7. The van der Waals surface area contributed by atoms with Gasteiger partial charge >= 0.3 is 30.4 Å². The van der Waals surface area contributed by atoms with E-state index in [0.717, 1.165) is 0 Å². The Morgan fingerprint density at radius 1 is 0.619 bits per heavy atom. The molecule has 0 aliphatic heterocycles. The summed E-state index contributed by atoms with van der Waals surface area (Å²) in [5.41, 5.74) is 0. The lowest BCUT2D eigenvalue weighted by Crippen LogP contribution is -2.61. The van der Waals surface area contributed by atoms with Crippen LogP contribution in [0.25, 0.3) is 0 Å². The fraction of sp³-hybridized carbons (Fsp3) is 0.875. The molecule has 0 aliphatic rings. The highest BCUT2D eigenvalue weighted by Crippen LogP contribution is 2.55. The average molecular weight is 347 g/mol. The third kappa shape index (κ3) is 4.05. The Kier molecular flexibility index (Phi) is 5.14. The SMILES string of the molecule is F[C](F)CC(F)(F)CC(F)(F)C(F)(F)C(F)(F)C(F)(F)F. The number of alkyl halides is 11. The van der Waals surface area contributed by atoms with Crippen LogP contribution in [0.3, 0.4) is 0 Å². The zero-order chi connectivity index (χ0) is 17.5. The Labute approximate surface area is 107 Å². The van der Waals surface area contributed by atoms with Crippen molar-refractivity contribution < 1.29 is 57.1 Å². The monoisotopic (exact) mass is 347 g/mol. The molecule has 0 atom stereocenters. The molecule has 0 amide bonds. The third-order valence-electron chi connectivity index (χ3n) is 2.08. The average Bonchev–Trinajstić information content (AvgIpc) is 2.10. The van der Waals surface area contributed by atoms with E-state index in [0.29, 0.717) is 0 Å². The topological polar surface area (TPSA) is 0 Å². The van der Waals surface area contributed by atoms with Crippen LogP contribution in [0.1, 0.15) is 12.8 Å². The van der Waals surface area contributed by atoms with Crippen LogP contribution >= 0.6 is 0 Å². The van der Waals surface area contributed by atoms with Gasteiger partial charge in [-0.3, -0.25) is 0 Å². The van der Waals surface area contributed by atoms with Gasteiger partial charge in [-0.1, -0.05) is 0 Å². The van der Waals surface area contributed by atoms with Gasteiger partial charge in [0, 0.05) is 0 Å². The molecule has 0 aliphatic carbocycles. The molecule has 13 heteroatoms. The Bertz CT molecular complexity index is 352. The number of hydrogen-bond donors (Lipinski definition) is 0. The second-order valence-electron chi connectivity index (χ2n) is 3.90. The minimum absolute atomic E-state index is 2.78. The molecule has 0 fully saturated rings.